The molecule has 1 aliphatic heterocycles. The van der Waals surface area contributed by atoms with E-state index < -0.39 is 11.9 Å². The first-order valence-electron chi connectivity index (χ1n) is 8.03. The second-order valence-corrected chi connectivity index (χ2v) is 5.66. The highest BCUT2D eigenvalue weighted by Gasteiger charge is 2.20. The van der Waals surface area contributed by atoms with Crippen LogP contribution in [0.1, 0.15) is 27.6 Å². The van der Waals surface area contributed by atoms with Gasteiger partial charge in [0.1, 0.15) is 5.75 Å². The number of carbonyl (C=O) groups is 3. The van der Waals surface area contributed by atoms with Gasteiger partial charge in [0.05, 0.1) is 18.4 Å². The molecule has 0 radical (unpaired) electrons. The summed E-state index contributed by atoms with van der Waals surface area (Å²) < 4.78 is 20.6. The molecule has 1 N–H and O–H groups in total. The van der Waals surface area contributed by atoms with Crippen LogP contribution in [0.2, 0.25) is 0 Å². The van der Waals surface area contributed by atoms with E-state index in [9.17, 15) is 14.4 Å². The van der Waals surface area contributed by atoms with Crippen LogP contribution in [-0.4, -0.2) is 38.2 Å². The van der Waals surface area contributed by atoms with E-state index >= 15 is 0 Å². The van der Waals surface area contributed by atoms with E-state index in [0.717, 1.165) is 0 Å². The minimum Gasteiger partial charge on any atom is -0.484 e. The SMILES string of the molecule is COC(=O)c1cccc(OCC(=O)Nc2cc3c(cc2C(C)=O)OCO3)c1. The number of ketones is 1. The Kier molecular flexibility index (Phi) is 5.25. The van der Waals surface area contributed by atoms with Gasteiger partial charge in [0.15, 0.2) is 23.9 Å². The maximum Gasteiger partial charge on any atom is 0.337 e. The fourth-order valence-electron chi connectivity index (χ4n) is 2.50. The summed E-state index contributed by atoms with van der Waals surface area (Å²) in [5.74, 6) is 0.0353. The summed E-state index contributed by atoms with van der Waals surface area (Å²) in [5, 5.41) is 2.63. The third-order valence-corrected chi connectivity index (χ3v) is 3.79. The largest absolute Gasteiger partial charge is 0.484 e. The van der Waals surface area contributed by atoms with Crippen LogP contribution >= 0.6 is 0 Å². The quantitative estimate of drug-likeness (QED) is 0.615. The van der Waals surface area contributed by atoms with E-state index in [4.69, 9.17) is 14.2 Å². The van der Waals surface area contributed by atoms with Gasteiger partial charge in [-0.15, -0.1) is 0 Å². The molecule has 0 unspecified atom stereocenters. The number of amides is 1. The summed E-state index contributed by atoms with van der Waals surface area (Å²) in [6, 6.07) is 9.34. The van der Waals surface area contributed by atoms with E-state index in [-0.39, 0.29) is 19.2 Å². The lowest BCUT2D eigenvalue weighted by atomic mass is 10.1. The summed E-state index contributed by atoms with van der Waals surface area (Å²) >= 11 is 0. The van der Waals surface area contributed by atoms with Crippen molar-refractivity contribution in [1.29, 1.82) is 0 Å². The molecule has 0 bridgehead atoms. The lowest BCUT2D eigenvalue weighted by Crippen LogP contribution is -2.21. The summed E-state index contributed by atoms with van der Waals surface area (Å²) in [5.41, 5.74) is 0.925. The Balaban J connectivity index is 1.68. The van der Waals surface area contributed by atoms with Gasteiger partial charge in [0.25, 0.3) is 5.91 Å². The molecule has 0 aromatic heterocycles. The molecule has 2 aromatic rings. The maximum atomic E-state index is 12.2. The highest BCUT2D eigenvalue weighted by molar-refractivity contribution is 6.04. The Morgan fingerprint density at radius 1 is 1.11 bits per heavy atom. The van der Waals surface area contributed by atoms with Crippen molar-refractivity contribution in [3.05, 3.63) is 47.5 Å². The number of benzene rings is 2. The number of esters is 1. The van der Waals surface area contributed by atoms with Crippen LogP contribution in [0.5, 0.6) is 17.2 Å². The molecule has 2 aromatic carbocycles. The smallest absolute Gasteiger partial charge is 0.337 e. The number of rotatable bonds is 6. The van der Waals surface area contributed by atoms with Crippen molar-refractivity contribution in [2.75, 3.05) is 25.8 Å². The molecular formula is C19H17NO7. The first-order valence-corrected chi connectivity index (χ1v) is 8.03. The minimum absolute atomic E-state index is 0.0592. The number of carbonyl (C=O) groups excluding carboxylic acids is 3. The van der Waals surface area contributed by atoms with Crippen molar-refractivity contribution in [3.8, 4) is 17.2 Å². The van der Waals surface area contributed by atoms with Crippen molar-refractivity contribution in [3.63, 3.8) is 0 Å². The number of ether oxygens (including phenoxy) is 4. The summed E-state index contributed by atoms with van der Waals surface area (Å²) in [6.07, 6.45) is 0. The number of Topliss-reactive ketones (excluding diaryl/α,β-unsaturated/α-hetero) is 1. The van der Waals surface area contributed by atoms with Gasteiger partial charge in [0.2, 0.25) is 6.79 Å². The molecule has 0 saturated heterocycles. The van der Waals surface area contributed by atoms with Crippen LogP contribution in [0.4, 0.5) is 5.69 Å². The molecule has 0 fully saturated rings. The zero-order chi connectivity index (χ0) is 19.4. The number of hydrogen-bond acceptors (Lipinski definition) is 7. The molecule has 0 atom stereocenters. The Morgan fingerprint density at radius 3 is 2.56 bits per heavy atom. The molecule has 8 nitrogen and oxygen atoms in total. The van der Waals surface area contributed by atoms with Crippen LogP contribution in [0.25, 0.3) is 0 Å². The number of hydrogen-bond donors (Lipinski definition) is 1. The third-order valence-electron chi connectivity index (χ3n) is 3.79. The van der Waals surface area contributed by atoms with Gasteiger partial charge < -0.3 is 24.3 Å². The Hall–Kier alpha value is -3.55. The van der Waals surface area contributed by atoms with Gasteiger partial charge in [0, 0.05) is 11.6 Å². The predicted molar refractivity (Wildman–Crippen MR) is 94.5 cm³/mol. The fourth-order valence-corrected chi connectivity index (χ4v) is 2.50. The fraction of sp³-hybridized carbons (Fsp3) is 0.211. The highest BCUT2D eigenvalue weighted by atomic mass is 16.7. The summed E-state index contributed by atoms with van der Waals surface area (Å²) in [6.45, 7) is 1.14. The normalized spacial score (nSPS) is 11.6. The van der Waals surface area contributed by atoms with E-state index in [1.54, 1.807) is 18.2 Å². The van der Waals surface area contributed by atoms with Gasteiger partial charge in [-0.05, 0) is 31.2 Å². The monoisotopic (exact) mass is 371 g/mol. The maximum absolute atomic E-state index is 12.2. The summed E-state index contributed by atoms with van der Waals surface area (Å²) in [7, 11) is 1.28. The van der Waals surface area contributed by atoms with Crippen molar-refractivity contribution >= 4 is 23.3 Å². The average molecular weight is 371 g/mol. The zero-order valence-electron chi connectivity index (χ0n) is 14.7. The lowest BCUT2D eigenvalue weighted by Gasteiger charge is -2.11. The number of methoxy groups -OCH3 is 1. The van der Waals surface area contributed by atoms with Crippen molar-refractivity contribution in [1.82, 2.24) is 0 Å². The lowest BCUT2D eigenvalue weighted by molar-refractivity contribution is -0.118. The summed E-state index contributed by atoms with van der Waals surface area (Å²) in [4.78, 5) is 35.6. The average Bonchev–Trinajstić information content (AvgIpc) is 3.12. The highest BCUT2D eigenvalue weighted by Crippen LogP contribution is 2.37. The molecule has 0 aliphatic carbocycles. The predicted octanol–water partition coefficient (Wildman–Crippen LogP) is 2.42. The van der Waals surface area contributed by atoms with Crippen molar-refractivity contribution < 1.29 is 33.3 Å². The second kappa shape index (κ2) is 7.77. The number of nitrogens with one attached hydrogen (secondary N) is 1. The molecule has 140 valence electrons. The van der Waals surface area contributed by atoms with Crippen LogP contribution in [0, 0.1) is 0 Å². The molecule has 1 amide bonds. The standard InChI is InChI=1S/C19H17NO7/c1-11(21)14-7-16-17(27-10-26-16)8-15(14)20-18(22)9-25-13-5-3-4-12(6-13)19(23)24-2/h3-8H,9-10H2,1-2H3,(H,20,22). The van der Waals surface area contributed by atoms with Gasteiger partial charge >= 0.3 is 5.97 Å². The van der Waals surface area contributed by atoms with Crippen LogP contribution in [-0.2, 0) is 9.53 Å². The van der Waals surface area contributed by atoms with E-state index in [2.05, 4.69) is 10.1 Å². The van der Waals surface area contributed by atoms with Gasteiger partial charge in [-0.3, -0.25) is 9.59 Å². The Labute approximate surface area is 155 Å². The first-order chi connectivity index (χ1) is 13.0. The van der Waals surface area contributed by atoms with E-state index in [1.807, 2.05) is 0 Å². The molecule has 1 heterocycles. The molecule has 27 heavy (non-hydrogen) atoms. The van der Waals surface area contributed by atoms with Crippen LogP contribution < -0.4 is 19.5 Å². The molecule has 3 rings (SSSR count). The molecule has 0 saturated carbocycles. The van der Waals surface area contributed by atoms with Gasteiger partial charge in [-0.2, -0.15) is 0 Å². The molecule has 0 spiro atoms. The number of anilines is 1. The first kappa shape index (κ1) is 18.2. The van der Waals surface area contributed by atoms with Crippen LogP contribution in [0.3, 0.4) is 0 Å². The van der Waals surface area contributed by atoms with E-state index in [1.165, 1.54) is 32.2 Å². The zero-order valence-corrected chi connectivity index (χ0v) is 14.7. The number of fused-ring (bicyclic) bond motifs is 1. The molecule has 1 aliphatic rings. The Morgan fingerprint density at radius 2 is 1.85 bits per heavy atom. The molecular weight excluding hydrogens is 354 g/mol. The van der Waals surface area contributed by atoms with Gasteiger partial charge in [-0.1, -0.05) is 6.07 Å². The van der Waals surface area contributed by atoms with E-state index in [0.29, 0.717) is 34.1 Å². The Bertz CT molecular complexity index is 907. The van der Waals surface area contributed by atoms with Crippen LogP contribution in [0.15, 0.2) is 36.4 Å². The second-order valence-electron chi connectivity index (χ2n) is 5.66. The van der Waals surface area contributed by atoms with Crippen molar-refractivity contribution in [2.45, 2.75) is 6.92 Å². The van der Waals surface area contributed by atoms with Crippen molar-refractivity contribution in [2.24, 2.45) is 0 Å². The molecule has 8 heteroatoms. The van der Waals surface area contributed by atoms with Gasteiger partial charge in [-0.25, -0.2) is 4.79 Å². The minimum atomic E-state index is -0.503. The third kappa shape index (κ3) is 4.17. The topological polar surface area (TPSA) is 100 Å².